The maximum Gasteiger partial charge on any atom is 0.587 e. The van der Waals surface area contributed by atoms with Crippen LogP contribution in [0.3, 0.4) is 0 Å². The molecule has 0 atom stereocenters. The first-order valence-corrected chi connectivity index (χ1v) is 12.2. The summed E-state index contributed by atoms with van der Waals surface area (Å²) in [4.78, 5) is 0. The second kappa shape index (κ2) is 12.7. The number of rotatable bonds is 14. The Hall–Kier alpha value is -1.77. The molecule has 0 saturated carbocycles. The van der Waals surface area contributed by atoms with Crippen LogP contribution in [0.2, 0.25) is 0 Å². The van der Waals surface area contributed by atoms with Crippen LogP contribution in [0.15, 0.2) is 48.5 Å². The summed E-state index contributed by atoms with van der Waals surface area (Å²) in [6, 6.07) is 14.7. The summed E-state index contributed by atoms with van der Waals surface area (Å²) in [5, 5.41) is 0. The lowest BCUT2D eigenvalue weighted by atomic mass is 10.1. The van der Waals surface area contributed by atoms with E-state index < -0.39 is 7.82 Å². The number of aryl methyl sites for hydroxylation is 2. The van der Waals surface area contributed by atoms with Crippen molar-refractivity contribution in [3.63, 3.8) is 0 Å². The average Bonchev–Trinajstić information content (AvgIpc) is 2.70. The molecule has 0 unspecified atom stereocenters. The van der Waals surface area contributed by atoms with Crippen LogP contribution in [0.1, 0.15) is 69.4 Å². The van der Waals surface area contributed by atoms with E-state index in [0.717, 1.165) is 24.0 Å². The molecule has 0 heterocycles. The van der Waals surface area contributed by atoms with Crippen molar-refractivity contribution in [2.24, 2.45) is 0 Å². The van der Waals surface area contributed by atoms with Crippen LogP contribution in [0.25, 0.3) is 0 Å². The van der Waals surface area contributed by atoms with E-state index in [4.69, 9.17) is 13.6 Å². The molecule has 0 radical (unpaired) electrons. The van der Waals surface area contributed by atoms with Crippen molar-refractivity contribution in [3.8, 4) is 11.5 Å². The topological polar surface area (TPSA) is 44.8 Å². The molecule has 5 heteroatoms. The Labute approximate surface area is 176 Å². The lowest BCUT2D eigenvalue weighted by Gasteiger charge is -2.19. The Morgan fingerprint density at radius 1 is 0.655 bits per heavy atom. The van der Waals surface area contributed by atoms with Crippen molar-refractivity contribution in [3.05, 3.63) is 59.7 Å². The van der Waals surface area contributed by atoms with Crippen LogP contribution in [0, 0.1) is 13.8 Å². The molecule has 0 spiro atoms. The van der Waals surface area contributed by atoms with E-state index in [9.17, 15) is 4.57 Å². The van der Waals surface area contributed by atoms with Crippen molar-refractivity contribution in [1.29, 1.82) is 0 Å². The quantitative estimate of drug-likeness (QED) is 0.230. The molecule has 160 valence electrons. The Morgan fingerprint density at radius 3 is 1.52 bits per heavy atom. The Kier molecular flexibility index (Phi) is 10.3. The van der Waals surface area contributed by atoms with E-state index in [1.165, 1.54) is 38.5 Å². The van der Waals surface area contributed by atoms with E-state index in [0.29, 0.717) is 18.1 Å². The molecule has 0 bridgehead atoms. The first-order valence-electron chi connectivity index (χ1n) is 10.8. The van der Waals surface area contributed by atoms with Crippen molar-refractivity contribution >= 4 is 7.82 Å². The molecular weight excluding hydrogens is 383 g/mol. The number of hydrogen-bond acceptors (Lipinski definition) is 4. The van der Waals surface area contributed by atoms with Crippen molar-refractivity contribution in [2.45, 2.75) is 72.1 Å². The van der Waals surface area contributed by atoms with Crippen molar-refractivity contribution in [2.75, 3.05) is 6.61 Å². The van der Waals surface area contributed by atoms with Crippen LogP contribution in [0.5, 0.6) is 11.5 Å². The minimum absolute atomic E-state index is 0.351. The van der Waals surface area contributed by atoms with E-state index in [1.807, 2.05) is 38.1 Å². The van der Waals surface area contributed by atoms with Gasteiger partial charge in [-0.2, -0.15) is 0 Å². The van der Waals surface area contributed by atoms with Gasteiger partial charge in [-0.1, -0.05) is 87.3 Å². The van der Waals surface area contributed by atoms with Gasteiger partial charge < -0.3 is 9.05 Å². The minimum Gasteiger partial charge on any atom is -0.395 e. The Balaban J connectivity index is 1.87. The van der Waals surface area contributed by atoms with Gasteiger partial charge in [0.2, 0.25) is 0 Å². The maximum absolute atomic E-state index is 13.3. The summed E-state index contributed by atoms with van der Waals surface area (Å²) in [5.74, 6) is 0.948. The van der Waals surface area contributed by atoms with Crippen molar-refractivity contribution in [1.82, 2.24) is 0 Å². The molecule has 0 saturated heterocycles. The number of benzene rings is 2. The average molecular weight is 419 g/mol. The number of hydrogen-bond donors (Lipinski definition) is 0. The number of phosphoric ester groups is 1. The summed E-state index contributed by atoms with van der Waals surface area (Å²) >= 11 is 0. The highest BCUT2D eigenvalue weighted by Gasteiger charge is 2.30. The van der Waals surface area contributed by atoms with Gasteiger partial charge in [-0.3, -0.25) is 4.52 Å². The summed E-state index contributed by atoms with van der Waals surface area (Å²) in [6.07, 6.45) is 9.52. The molecule has 2 aromatic carbocycles. The van der Waals surface area contributed by atoms with Gasteiger partial charge in [0.25, 0.3) is 0 Å². The fraction of sp³-hybridized carbons (Fsp3) is 0.500. The minimum atomic E-state index is -3.76. The molecule has 0 aliphatic heterocycles. The molecule has 4 nitrogen and oxygen atoms in total. The fourth-order valence-corrected chi connectivity index (χ4v) is 4.20. The zero-order valence-electron chi connectivity index (χ0n) is 18.1. The monoisotopic (exact) mass is 418 g/mol. The van der Waals surface area contributed by atoms with Gasteiger partial charge in [-0.05, 0) is 44.5 Å². The third-order valence-corrected chi connectivity index (χ3v) is 6.09. The van der Waals surface area contributed by atoms with E-state index >= 15 is 0 Å². The first-order chi connectivity index (χ1) is 14.0. The molecule has 0 amide bonds. The van der Waals surface area contributed by atoms with Gasteiger partial charge in [-0.15, -0.1) is 0 Å². The number of unbranched alkanes of at least 4 members (excludes halogenated alkanes) is 7. The largest absolute Gasteiger partial charge is 0.587 e. The standard InChI is InChI=1S/C24H35O4P/c1-4-5-6-7-8-9-10-11-20-26-29(25,27-23-16-12-21(2)13-17-23)28-24-18-14-22(3)15-19-24/h12-19H,4-11,20H2,1-3H3. The Bertz CT molecular complexity index is 689. The molecule has 2 rings (SSSR count). The van der Waals surface area contributed by atoms with Gasteiger partial charge in [0.15, 0.2) is 0 Å². The second-order valence-electron chi connectivity index (χ2n) is 7.56. The van der Waals surface area contributed by atoms with Crippen LogP contribution >= 0.6 is 7.82 Å². The normalized spacial score (nSPS) is 11.4. The van der Waals surface area contributed by atoms with Crippen LogP contribution in [-0.2, 0) is 9.09 Å². The zero-order valence-corrected chi connectivity index (χ0v) is 19.0. The van der Waals surface area contributed by atoms with E-state index in [1.54, 1.807) is 24.3 Å². The van der Waals surface area contributed by atoms with Gasteiger partial charge in [0, 0.05) is 0 Å². The van der Waals surface area contributed by atoms with Crippen LogP contribution in [0.4, 0.5) is 0 Å². The maximum atomic E-state index is 13.3. The molecule has 0 aliphatic carbocycles. The molecule has 0 aromatic heterocycles. The highest BCUT2D eigenvalue weighted by atomic mass is 31.2. The smallest absolute Gasteiger partial charge is 0.395 e. The van der Waals surface area contributed by atoms with Gasteiger partial charge in [0.1, 0.15) is 11.5 Å². The lowest BCUT2D eigenvalue weighted by Crippen LogP contribution is -2.06. The molecule has 29 heavy (non-hydrogen) atoms. The molecular formula is C24H35O4P. The van der Waals surface area contributed by atoms with Gasteiger partial charge >= 0.3 is 7.82 Å². The van der Waals surface area contributed by atoms with Crippen LogP contribution < -0.4 is 9.05 Å². The first kappa shape index (κ1) is 23.5. The summed E-state index contributed by atoms with van der Waals surface area (Å²) in [6.45, 7) is 6.56. The summed E-state index contributed by atoms with van der Waals surface area (Å²) < 4.78 is 30.3. The predicted octanol–water partition coefficient (Wildman–Crippen LogP) is 8.03. The molecule has 0 aliphatic rings. The fourth-order valence-electron chi connectivity index (χ4n) is 2.94. The third-order valence-electron chi connectivity index (χ3n) is 4.72. The van der Waals surface area contributed by atoms with Crippen molar-refractivity contribution < 1.29 is 18.1 Å². The summed E-state index contributed by atoms with van der Waals surface area (Å²) in [5.41, 5.74) is 2.21. The third kappa shape index (κ3) is 9.51. The molecule has 0 N–H and O–H groups in total. The van der Waals surface area contributed by atoms with E-state index in [2.05, 4.69) is 6.92 Å². The SMILES string of the molecule is CCCCCCCCCCOP(=O)(Oc1ccc(C)cc1)Oc1ccc(C)cc1. The van der Waals surface area contributed by atoms with Crippen LogP contribution in [-0.4, -0.2) is 6.61 Å². The summed E-state index contributed by atoms with van der Waals surface area (Å²) in [7, 11) is -3.76. The highest BCUT2D eigenvalue weighted by molar-refractivity contribution is 7.49. The van der Waals surface area contributed by atoms with Gasteiger partial charge in [-0.25, -0.2) is 4.57 Å². The lowest BCUT2D eigenvalue weighted by molar-refractivity contribution is 0.205. The zero-order chi connectivity index (χ0) is 21.0. The molecule has 0 fully saturated rings. The number of phosphoric acid groups is 1. The van der Waals surface area contributed by atoms with Gasteiger partial charge in [0.05, 0.1) is 6.61 Å². The second-order valence-corrected chi connectivity index (χ2v) is 9.08. The Morgan fingerprint density at radius 2 is 1.07 bits per heavy atom. The highest BCUT2D eigenvalue weighted by Crippen LogP contribution is 2.49. The van der Waals surface area contributed by atoms with E-state index in [-0.39, 0.29) is 0 Å². The predicted molar refractivity (Wildman–Crippen MR) is 120 cm³/mol. The molecule has 2 aromatic rings.